The molecule has 2 aromatic rings. The van der Waals surface area contributed by atoms with Gasteiger partial charge in [-0.25, -0.2) is 0 Å². The molecule has 0 fully saturated rings. The van der Waals surface area contributed by atoms with Crippen molar-refractivity contribution in [2.45, 2.75) is 13.8 Å². The molecule has 0 radical (unpaired) electrons. The molecule has 0 bridgehead atoms. The minimum atomic E-state index is -0.336. The zero-order valence-corrected chi connectivity index (χ0v) is 17.1. The van der Waals surface area contributed by atoms with Gasteiger partial charge < -0.3 is 10.1 Å². The Morgan fingerprint density at radius 2 is 1.92 bits per heavy atom. The number of hydrogen-bond donors (Lipinski definition) is 2. The maximum Gasteiger partial charge on any atom is 0.257 e. The second kappa shape index (κ2) is 8.13. The lowest BCUT2D eigenvalue weighted by molar-refractivity contribution is 0.0977. The molecule has 0 spiro atoms. The summed E-state index contributed by atoms with van der Waals surface area (Å²) in [4.78, 5) is 12.3. The average Bonchev–Trinajstić information content (AvgIpc) is 2.52. The van der Waals surface area contributed by atoms with Crippen molar-refractivity contribution in [3.8, 4) is 5.75 Å². The number of carbonyl (C=O) groups excluding carboxylic acids is 1. The van der Waals surface area contributed by atoms with Gasteiger partial charge in [0.25, 0.3) is 5.91 Å². The zero-order chi connectivity index (χ0) is 17.9. The Hall–Kier alpha value is -1.38. The molecule has 0 atom stereocenters. The Bertz CT molecular complexity index is 811. The van der Waals surface area contributed by atoms with Crippen LogP contribution >= 0.6 is 46.4 Å². The molecular weight excluding hydrogens is 459 g/mol. The molecular formula is C17H16ClIN2O2S. The average molecular weight is 475 g/mol. The number of rotatable bonds is 3. The van der Waals surface area contributed by atoms with E-state index in [4.69, 9.17) is 28.6 Å². The fourth-order valence-corrected chi connectivity index (χ4v) is 3.14. The van der Waals surface area contributed by atoms with Crippen molar-refractivity contribution >= 4 is 63.1 Å². The molecule has 126 valence electrons. The molecule has 0 aliphatic carbocycles. The van der Waals surface area contributed by atoms with Gasteiger partial charge in [0.2, 0.25) is 0 Å². The molecule has 0 heterocycles. The van der Waals surface area contributed by atoms with E-state index in [0.29, 0.717) is 16.3 Å². The molecule has 0 unspecified atom stereocenters. The number of amides is 1. The minimum absolute atomic E-state index is 0.232. The number of nitrogens with one attached hydrogen (secondary N) is 2. The van der Waals surface area contributed by atoms with Crippen LogP contribution < -0.4 is 15.4 Å². The lowest BCUT2D eigenvalue weighted by atomic mass is 10.1. The predicted molar refractivity (Wildman–Crippen MR) is 110 cm³/mol. The lowest BCUT2D eigenvalue weighted by Crippen LogP contribution is -2.34. The summed E-state index contributed by atoms with van der Waals surface area (Å²) in [5, 5.41) is 6.31. The van der Waals surface area contributed by atoms with E-state index < -0.39 is 0 Å². The summed E-state index contributed by atoms with van der Waals surface area (Å²) in [7, 11) is 1.52. The molecule has 2 aromatic carbocycles. The molecule has 4 nitrogen and oxygen atoms in total. The Labute approximate surface area is 165 Å². The van der Waals surface area contributed by atoms with E-state index in [1.807, 2.05) is 19.9 Å². The molecule has 24 heavy (non-hydrogen) atoms. The van der Waals surface area contributed by atoms with Gasteiger partial charge in [-0.15, -0.1) is 0 Å². The maximum atomic E-state index is 12.3. The van der Waals surface area contributed by atoms with Crippen LogP contribution in [0.1, 0.15) is 21.5 Å². The van der Waals surface area contributed by atoms with Gasteiger partial charge in [-0.3, -0.25) is 10.1 Å². The number of thiocarbonyl (C=S) groups is 1. The largest absolute Gasteiger partial charge is 0.495 e. The molecule has 1 amide bonds. The first-order valence-corrected chi connectivity index (χ1v) is 8.91. The van der Waals surface area contributed by atoms with Gasteiger partial charge in [-0.1, -0.05) is 11.6 Å². The fourth-order valence-electron chi connectivity index (χ4n) is 2.05. The third kappa shape index (κ3) is 4.58. The van der Waals surface area contributed by atoms with E-state index >= 15 is 0 Å². The molecule has 0 aromatic heterocycles. The van der Waals surface area contributed by atoms with E-state index in [0.717, 1.165) is 16.8 Å². The first kappa shape index (κ1) is 19.0. The van der Waals surface area contributed by atoms with E-state index in [1.54, 1.807) is 18.2 Å². The van der Waals surface area contributed by atoms with E-state index in [2.05, 4.69) is 39.3 Å². The van der Waals surface area contributed by atoms with Gasteiger partial charge in [0.05, 0.1) is 12.1 Å². The van der Waals surface area contributed by atoms with Crippen molar-refractivity contribution in [2.75, 3.05) is 12.4 Å². The van der Waals surface area contributed by atoms with Gasteiger partial charge in [0.15, 0.2) is 5.11 Å². The van der Waals surface area contributed by atoms with E-state index in [9.17, 15) is 4.79 Å². The van der Waals surface area contributed by atoms with Gasteiger partial charge in [-0.05, 0) is 90.1 Å². The number of benzene rings is 2. The van der Waals surface area contributed by atoms with Gasteiger partial charge in [0.1, 0.15) is 5.75 Å². The van der Waals surface area contributed by atoms with Crippen molar-refractivity contribution in [3.05, 3.63) is 55.6 Å². The monoisotopic (exact) mass is 474 g/mol. The molecule has 0 saturated heterocycles. The Morgan fingerprint density at radius 1 is 1.21 bits per heavy atom. The second-order valence-corrected chi connectivity index (χ2v) is 7.15. The van der Waals surface area contributed by atoms with Crippen molar-refractivity contribution in [1.29, 1.82) is 0 Å². The topological polar surface area (TPSA) is 50.4 Å². The van der Waals surface area contributed by atoms with Crippen molar-refractivity contribution in [1.82, 2.24) is 5.32 Å². The van der Waals surface area contributed by atoms with Crippen molar-refractivity contribution < 1.29 is 9.53 Å². The highest BCUT2D eigenvalue weighted by molar-refractivity contribution is 14.1. The first-order chi connectivity index (χ1) is 11.3. The summed E-state index contributed by atoms with van der Waals surface area (Å²) < 4.78 is 6.25. The van der Waals surface area contributed by atoms with Crippen molar-refractivity contribution in [3.63, 3.8) is 0 Å². The fraction of sp³-hybridized carbons (Fsp3) is 0.176. The van der Waals surface area contributed by atoms with Gasteiger partial charge >= 0.3 is 0 Å². The van der Waals surface area contributed by atoms with Gasteiger partial charge in [0, 0.05) is 14.8 Å². The number of ether oxygens (including phenoxy) is 1. The summed E-state index contributed by atoms with van der Waals surface area (Å²) >= 11 is 13.5. The molecule has 2 N–H and O–H groups in total. The highest BCUT2D eigenvalue weighted by Crippen LogP contribution is 2.25. The van der Waals surface area contributed by atoms with Crippen LogP contribution in [-0.2, 0) is 0 Å². The first-order valence-electron chi connectivity index (χ1n) is 7.04. The van der Waals surface area contributed by atoms with Crippen LogP contribution in [0, 0.1) is 17.4 Å². The van der Waals surface area contributed by atoms with Crippen LogP contribution in [0.3, 0.4) is 0 Å². The number of hydrogen-bond acceptors (Lipinski definition) is 3. The third-order valence-electron chi connectivity index (χ3n) is 3.39. The third-order valence-corrected chi connectivity index (χ3v) is 5.06. The van der Waals surface area contributed by atoms with E-state index in [-0.39, 0.29) is 11.0 Å². The summed E-state index contributed by atoms with van der Waals surface area (Å²) in [6, 6.07) is 8.87. The maximum absolute atomic E-state index is 12.3. The number of carbonyl (C=O) groups is 1. The van der Waals surface area contributed by atoms with Crippen LogP contribution in [0.15, 0.2) is 30.3 Å². The predicted octanol–water partition coefficient (Wildman–Crippen LogP) is 4.70. The van der Waals surface area contributed by atoms with Crippen LogP contribution in [0.5, 0.6) is 5.75 Å². The summed E-state index contributed by atoms with van der Waals surface area (Å²) in [5.41, 5.74) is 3.46. The Morgan fingerprint density at radius 3 is 2.54 bits per heavy atom. The quantitative estimate of drug-likeness (QED) is 0.500. The number of methoxy groups -OCH3 is 1. The zero-order valence-electron chi connectivity index (χ0n) is 13.4. The molecule has 0 saturated carbocycles. The lowest BCUT2D eigenvalue weighted by Gasteiger charge is -2.13. The summed E-state index contributed by atoms with van der Waals surface area (Å²) in [6.07, 6.45) is 0. The normalized spacial score (nSPS) is 10.2. The van der Waals surface area contributed by atoms with Crippen LogP contribution in [0.4, 0.5) is 5.69 Å². The standard InChI is InChI=1S/C17H16ClIN2O2S/c1-9-7-14(10(2)6-13(9)19)20-17(24)21-16(22)11-4-5-15(23-3)12(18)8-11/h4-8H,1-3H3,(H2,20,21,22,24). The highest BCUT2D eigenvalue weighted by Gasteiger charge is 2.12. The highest BCUT2D eigenvalue weighted by atomic mass is 127. The summed E-state index contributed by atoms with van der Waals surface area (Å²) in [5.74, 6) is 0.177. The SMILES string of the molecule is COc1ccc(C(=O)NC(=S)Nc2cc(C)c(I)cc2C)cc1Cl. The summed E-state index contributed by atoms with van der Waals surface area (Å²) in [6.45, 7) is 4.00. The number of halogens is 2. The molecule has 2 rings (SSSR count). The van der Waals surface area contributed by atoms with Gasteiger partial charge in [-0.2, -0.15) is 0 Å². The molecule has 7 heteroatoms. The van der Waals surface area contributed by atoms with Crippen LogP contribution in [0.2, 0.25) is 5.02 Å². The van der Waals surface area contributed by atoms with E-state index in [1.165, 1.54) is 10.7 Å². The minimum Gasteiger partial charge on any atom is -0.495 e. The number of anilines is 1. The Kier molecular flexibility index (Phi) is 6.42. The molecule has 0 aliphatic heterocycles. The van der Waals surface area contributed by atoms with Crippen LogP contribution in [-0.4, -0.2) is 18.1 Å². The van der Waals surface area contributed by atoms with Crippen molar-refractivity contribution in [2.24, 2.45) is 0 Å². The second-order valence-electron chi connectivity index (χ2n) is 5.17. The molecule has 0 aliphatic rings. The number of aryl methyl sites for hydroxylation is 2. The smallest absolute Gasteiger partial charge is 0.257 e. The van der Waals surface area contributed by atoms with Crippen LogP contribution in [0.25, 0.3) is 0 Å². The Balaban J connectivity index is 2.08.